The van der Waals surface area contributed by atoms with Crippen LogP contribution in [-0.2, 0) is 9.47 Å². The van der Waals surface area contributed by atoms with Crippen LogP contribution in [0.4, 0.5) is 10.1 Å². The molecule has 2 aromatic carbocycles. The fourth-order valence-corrected chi connectivity index (χ4v) is 3.84. The van der Waals surface area contributed by atoms with Crippen LogP contribution in [0.2, 0.25) is 0 Å². The molecule has 0 atom stereocenters. The lowest BCUT2D eigenvalue weighted by Crippen LogP contribution is -2.40. The quantitative estimate of drug-likeness (QED) is 0.420. The number of carbonyl (C=O) groups is 2. The van der Waals surface area contributed by atoms with E-state index in [-0.39, 0.29) is 34.2 Å². The zero-order valence-corrected chi connectivity index (χ0v) is 16.7. The lowest BCUT2D eigenvalue weighted by Gasteiger charge is -2.31. The lowest BCUT2D eigenvalue weighted by molar-refractivity contribution is -0.385. The molecule has 0 saturated carbocycles. The highest BCUT2D eigenvalue weighted by Gasteiger charge is 2.34. The Bertz CT molecular complexity index is 1110. The van der Waals surface area contributed by atoms with E-state index in [9.17, 15) is 24.1 Å². The number of rotatable bonds is 4. The molecule has 4 rings (SSSR count). The monoisotopic (exact) mass is 426 g/mol. The van der Waals surface area contributed by atoms with Gasteiger partial charge in [-0.15, -0.1) is 0 Å². The summed E-state index contributed by atoms with van der Waals surface area (Å²) in [5.41, 5.74) is 0.146. The summed E-state index contributed by atoms with van der Waals surface area (Å²) in [6.07, 6.45) is 2.82. The Balaban J connectivity index is 1.66. The van der Waals surface area contributed by atoms with Gasteiger partial charge in [0.15, 0.2) is 0 Å². The number of nitro groups is 1. The van der Waals surface area contributed by atoms with Crippen molar-refractivity contribution in [2.45, 2.75) is 18.9 Å². The van der Waals surface area contributed by atoms with Crippen molar-refractivity contribution in [2.75, 3.05) is 20.2 Å². The molecule has 1 saturated heterocycles. The largest absolute Gasteiger partial charge is 0.422 e. The van der Waals surface area contributed by atoms with Crippen LogP contribution in [0.3, 0.4) is 0 Å². The van der Waals surface area contributed by atoms with Crippen LogP contribution in [0.5, 0.6) is 0 Å². The molecule has 0 spiro atoms. The second kappa shape index (κ2) is 8.27. The van der Waals surface area contributed by atoms with Crippen molar-refractivity contribution in [3.05, 3.63) is 74.6 Å². The van der Waals surface area contributed by atoms with E-state index in [1.807, 2.05) is 0 Å². The van der Waals surface area contributed by atoms with Gasteiger partial charge in [0.05, 0.1) is 22.2 Å². The third-order valence-corrected chi connectivity index (χ3v) is 5.49. The lowest BCUT2D eigenvalue weighted by atomic mass is 10.0. The number of amides is 1. The minimum absolute atomic E-state index is 0.0155. The molecule has 2 aromatic rings. The van der Waals surface area contributed by atoms with Crippen molar-refractivity contribution in [1.29, 1.82) is 0 Å². The number of esters is 1. The number of piperidine rings is 1. The van der Waals surface area contributed by atoms with Gasteiger partial charge in [-0.2, -0.15) is 0 Å². The van der Waals surface area contributed by atoms with E-state index in [1.54, 1.807) is 12.0 Å². The Morgan fingerprint density at radius 2 is 2.03 bits per heavy atom. The Kier molecular flexibility index (Phi) is 5.51. The third kappa shape index (κ3) is 3.91. The van der Waals surface area contributed by atoms with Crippen LogP contribution in [0.15, 0.2) is 36.4 Å². The van der Waals surface area contributed by atoms with Crippen molar-refractivity contribution in [3.8, 4) is 0 Å². The van der Waals surface area contributed by atoms with Gasteiger partial charge in [-0.25, -0.2) is 9.18 Å². The van der Waals surface area contributed by atoms with Gasteiger partial charge in [-0.05, 0) is 42.7 Å². The smallest absolute Gasteiger partial charge is 0.344 e. The zero-order chi connectivity index (χ0) is 22.1. The van der Waals surface area contributed by atoms with E-state index < -0.39 is 22.6 Å². The van der Waals surface area contributed by atoms with Crippen LogP contribution in [0.1, 0.15) is 44.7 Å². The number of carbonyl (C=O) groups excluding carboxylic acids is 2. The minimum Gasteiger partial charge on any atom is -0.422 e. The number of benzene rings is 2. The predicted molar refractivity (Wildman–Crippen MR) is 109 cm³/mol. The van der Waals surface area contributed by atoms with Crippen LogP contribution in [0.25, 0.3) is 11.8 Å². The summed E-state index contributed by atoms with van der Waals surface area (Å²) in [4.78, 5) is 37.3. The molecule has 2 aliphatic heterocycles. The van der Waals surface area contributed by atoms with Gasteiger partial charge in [0, 0.05) is 26.3 Å². The maximum atomic E-state index is 14.4. The topological polar surface area (TPSA) is 99.0 Å². The molecule has 2 heterocycles. The first kappa shape index (κ1) is 20.7. The molecule has 0 aliphatic carbocycles. The summed E-state index contributed by atoms with van der Waals surface area (Å²) >= 11 is 0. The van der Waals surface area contributed by atoms with Crippen molar-refractivity contribution < 1.29 is 28.4 Å². The summed E-state index contributed by atoms with van der Waals surface area (Å²) in [7, 11) is 1.62. The minimum atomic E-state index is -0.704. The normalized spacial score (nSPS) is 17.5. The number of ether oxygens (including phenoxy) is 2. The van der Waals surface area contributed by atoms with E-state index in [1.165, 1.54) is 36.4 Å². The first-order valence-electron chi connectivity index (χ1n) is 9.72. The van der Waals surface area contributed by atoms with Gasteiger partial charge >= 0.3 is 5.97 Å². The van der Waals surface area contributed by atoms with Crippen molar-refractivity contribution in [3.63, 3.8) is 0 Å². The van der Waals surface area contributed by atoms with Gasteiger partial charge in [-0.1, -0.05) is 12.1 Å². The summed E-state index contributed by atoms with van der Waals surface area (Å²) in [5.74, 6) is -1.83. The molecular weight excluding hydrogens is 407 g/mol. The molecule has 160 valence electrons. The second-order valence-electron chi connectivity index (χ2n) is 7.32. The molecule has 1 fully saturated rings. The number of nitrogens with zero attached hydrogens (tertiary/aromatic N) is 2. The van der Waals surface area contributed by atoms with Crippen molar-refractivity contribution >= 4 is 29.4 Å². The molecule has 0 unspecified atom stereocenters. The van der Waals surface area contributed by atoms with E-state index in [0.29, 0.717) is 31.5 Å². The molecule has 1 amide bonds. The molecule has 0 N–H and O–H groups in total. The molecule has 8 nitrogen and oxygen atoms in total. The molecule has 31 heavy (non-hydrogen) atoms. The van der Waals surface area contributed by atoms with E-state index in [4.69, 9.17) is 9.47 Å². The Morgan fingerprint density at radius 1 is 1.29 bits per heavy atom. The standard InChI is InChI=1S/C22H19FN2O6/c1-30-14-7-9-24(10-8-14)21(26)16-11-13(5-6-17(16)23)12-19-20-15(22(27)31-19)3-2-4-18(20)25(28)29/h2-6,11-12,14H,7-10H2,1H3. The van der Waals surface area contributed by atoms with Crippen molar-refractivity contribution in [1.82, 2.24) is 4.90 Å². The van der Waals surface area contributed by atoms with Crippen molar-refractivity contribution in [2.24, 2.45) is 0 Å². The van der Waals surface area contributed by atoms with Gasteiger partial charge in [-0.3, -0.25) is 14.9 Å². The number of methoxy groups -OCH3 is 1. The molecular formula is C22H19FN2O6. The van der Waals surface area contributed by atoms with Crippen LogP contribution in [-0.4, -0.2) is 48.0 Å². The van der Waals surface area contributed by atoms with E-state index in [2.05, 4.69) is 0 Å². The van der Waals surface area contributed by atoms with Crippen LogP contribution in [0, 0.1) is 15.9 Å². The van der Waals surface area contributed by atoms with Crippen LogP contribution >= 0.6 is 0 Å². The molecule has 0 radical (unpaired) electrons. The second-order valence-corrected chi connectivity index (χ2v) is 7.32. The van der Waals surface area contributed by atoms with E-state index in [0.717, 1.165) is 6.07 Å². The summed E-state index contributed by atoms with van der Waals surface area (Å²) < 4.78 is 24.9. The number of likely N-dealkylation sites (tertiary alicyclic amines) is 1. The molecule has 0 aromatic heterocycles. The average molecular weight is 426 g/mol. The Labute approximate surface area is 177 Å². The van der Waals surface area contributed by atoms with Gasteiger partial charge < -0.3 is 14.4 Å². The number of hydrogen-bond acceptors (Lipinski definition) is 6. The summed E-state index contributed by atoms with van der Waals surface area (Å²) in [5, 5.41) is 11.4. The SMILES string of the molecule is COC1CCN(C(=O)c2cc(C=C3OC(=O)c4cccc([N+](=O)[O-])c43)ccc2F)CC1. The van der Waals surface area contributed by atoms with Gasteiger partial charge in [0.1, 0.15) is 17.1 Å². The summed E-state index contributed by atoms with van der Waals surface area (Å²) in [6.45, 7) is 0.915. The maximum Gasteiger partial charge on any atom is 0.344 e. The first-order chi connectivity index (χ1) is 14.9. The first-order valence-corrected chi connectivity index (χ1v) is 9.72. The maximum absolute atomic E-state index is 14.4. The van der Waals surface area contributed by atoms with E-state index >= 15 is 0 Å². The zero-order valence-electron chi connectivity index (χ0n) is 16.7. The Morgan fingerprint density at radius 3 is 2.71 bits per heavy atom. The fraction of sp³-hybridized carbons (Fsp3) is 0.273. The average Bonchev–Trinajstić information content (AvgIpc) is 3.10. The Hall–Kier alpha value is -3.59. The van der Waals surface area contributed by atoms with Gasteiger partial charge in [0.25, 0.3) is 11.6 Å². The number of cyclic esters (lactones) is 1. The number of fused-ring (bicyclic) bond motifs is 1. The number of halogens is 1. The predicted octanol–water partition coefficient (Wildman–Crippen LogP) is 3.65. The number of nitro benzene ring substituents is 1. The molecule has 2 aliphatic rings. The van der Waals surface area contributed by atoms with Crippen LogP contribution < -0.4 is 0 Å². The highest BCUT2D eigenvalue weighted by Crippen LogP contribution is 2.37. The highest BCUT2D eigenvalue weighted by atomic mass is 19.1. The molecule has 0 bridgehead atoms. The number of hydrogen-bond donors (Lipinski definition) is 0. The summed E-state index contributed by atoms with van der Waals surface area (Å²) in [6, 6.07) is 8.04. The van der Waals surface area contributed by atoms with Gasteiger partial charge in [0.2, 0.25) is 0 Å². The molecule has 9 heteroatoms. The highest BCUT2D eigenvalue weighted by molar-refractivity contribution is 6.07. The fourth-order valence-electron chi connectivity index (χ4n) is 3.84. The third-order valence-electron chi connectivity index (χ3n) is 5.49.